The van der Waals surface area contributed by atoms with Gasteiger partial charge in [0.2, 0.25) is 11.7 Å². The molecule has 0 radical (unpaired) electrons. The average molecular weight is 363 g/mol. The van der Waals surface area contributed by atoms with E-state index in [-0.39, 0.29) is 18.6 Å². The van der Waals surface area contributed by atoms with Gasteiger partial charge in [0.25, 0.3) is 0 Å². The summed E-state index contributed by atoms with van der Waals surface area (Å²) in [6.45, 7) is 1.96. The van der Waals surface area contributed by atoms with Crippen molar-refractivity contribution in [3.05, 3.63) is 18.2 Å². The molecule has 0 saturated carbocycles. The maximum Gasteiger partial charge on any atom is 0.243 e. The summed E-state index contributed by atoms with van der Waals surface area (Å²) in [6, 6.07) is 5.30. The number of methoxy groups -OCH3 is 2. The van der Waals surface area contributed by atoms with E-state index >= 15 is 0 Å². The SMILES string of the molecule is COc1ccc(-c2nnn(CC(=O)NC[C@H]3COCCO3)n2)cc1OC. The van der Waals surface area contributed by atoms with Crippen molar-refractivity contribution < 1.29 is 23.7 Å². The first-order valence-corrected chi connectivity index (χ1v) is 8.16. The minimum absolute atomic E-state index is 0.0339. The van der Waals surface area contributed by atoms with E-state index in [2.05, 4.69) is 20.7 Å². The third kappa shape index (κ3) is 4.46. The number of benzene rings is 1. The van der Waals surface area contributed by atoms with Gasteiger partial charge in [-0.05, 0) is 23.4 Å². The predicted molar refractivity (Wildman–Crippen MR) is 89.9 cm³/mol. The van der Waals surface area contributed by atoms with Gasteiger partial charge in [-0.15, -0.1) is 10.2 Å². The lowest BCUT2D eigenvalue weighted by Gasteiger charge is -2.22. The number of carbonyl (C=O) groups is 1. The molecule has 1 aromatic heterocycles. The fourth-order valence-corrected chi connectivity index (χ4v) is 2.47. The Morgan fingerprint density at radius 3 is 2.88 bits per heavy atom. The molecule has 1 aliphatic heterocycles. The van der Waals surface area contributed by atoms with Crippen LogP contribution in [0.1, 0.15) is 0 Å². The highest BCUT2D eigenvalue weighted by atomic mass is 16.6. The molecule has 1 saturated heterocycles. The molecule has 0 spiro atoms. The molecule has 10 nitrogen and oxygen atoms in total. The van der Waals surface area contributed by atoms with Crippen molar-refractivity contribution in [2.75, 3.05) is 40.6 Å². The van der Waals surface area contributed by atoms with E-state index < -0.39 is 0 Å². The highest BCUT2D eigenvalue weighted by Crippen LogP contribution is 2.30. The molecule has 3 rings (SSSR count). The lowest BCUT2D eigenvalue weighted by Crippen LogP contribution is -2.40. The first-order valence-electron chi connectivity index (χ1n) is 8.16. The Balaban J connectivity index is 1.58. The second-order valence-electron chi connectivity index (χ2n) is 5.59. The average Bonchev–Trinajstić information content (AvgIpc) is 3.15. The summed E-state index contributed by atoms with van der Waals surface area (Å²) < 4.78 is 21.2. The number of nitrogens with one attached hydrogen (secondary N) is 1. The Bertz CT molecular complexity index is 744. The zero-order valence-electron chi connectivity index (χ0n) is 14.7. The second-order valence-corrected chi connectivity index (χ2v) is 5.59. The molecule has 0 aliphatic carbocycles. The molecule has 1 aromatic carbocycles. The van der Waals surface area contributed by atoms with Crippen molar-refractivity contribution in [1.82, 2.24) is 25.5 Å². The molecular formula is C16H21N5O5. The molecule has 10 heteroatoms. The summed E-state index contributed by atoms with van der Waals surface area (Å²) in [5, 5.41) is 14.9. The summed E-state index contributed by atoms with van der Waals surface area (Å²) in [6.07, 6.45) is -0.126. The van der Waals surface area contributed by atoms with Crippen LogP contribution in [0.4, 0.5) is 0 Å². The summed E-state index contributed by atoms with van der Waals surface area (Å²) >= 11 is 0. The van der Waals surface area contributed by atoms with Gasteiger partial charge in [0, 0.05) is 12.1 Å². The van der Waals surface area contributed by atoms with Crippen LogP contribution in [0.15, 0.2) is 18.2 Å². The molecule has 0 bridgehead atoms. The largest absolute Gasteiger partial charge is 0.493 e. The standard InChI is InChI=1S/C16H21N5O5/c1-23-13-4-3-11(7-14(13)24-2)16-18-20-21(19-16)9-15(22)17-8-12-10-25-5-6-26-12/h3-4,7,12H,5-6,8-10H2,1-2H3,(H,17,22)/t12-/m0/s1. The molecule has 26 heavy (non-hydrogen) atoms. The smallest absolute Gasteiger partial charge is 0.243 e. The molecule has 140 valence electrons. The highest BCUT2D eigenvalue weighted by molar-refractivity contribution is 5.75. The summed E-state index contributed by atoms with van der Waals surface area (Å²) in [5.41, 5.74) is 0.710. The summed E-state index contributed by atoms with van der Waals surface area (Å²) in [4.78, 5) is 13.2. The Kier molecular flexibility index (Phi) is 5.97. The van der Waals surface area contributed by atoms with Gasteiger partial charge in [0.05, 0.1) is 40.1 Å². The van der Waals surface area contributed by atoms with Crippen LogP contribution in [0, 0.1) is 0 Å². The third-order valence-corrected chi connectivity index (χ3v) is 3.79. The van der Waals surface area contributed by atoms with Gasteiger partial charge in [-0.3, -0.25) is 4.79 Å². The van der Waals surface area contributed by atoms with Crippen LogP contribution in [-0.4, -0.2) is 72.8 Å². The molecular weight excluding hydrogens is 342 g/mol. The molecule has 1 atom stereocenters. The first kappa shape index (κ1) is 18.1. The Morgan fingerprint density at radius 1 is 1.31 bits per heavy atom. The fraction of sp³-hybridized carbons (Fsp3) is 0.500. The van der Waals surface area contributed by atoms with Crippen molar-refractivity contribution in [1.29, 1.82) is 0 Å². The zero-order chi connectivity index (χ0) is 18.4. The van der Waals surface area contributed by atoms with Crippen LogP contribution in [0.5, 0.6) is 11.5 Å². The Labute approximate surface area is 150 Å². The maximum atomic E-state index is 12.0. The van der Waals surface area contributed by atoms with Crippen molar-refractivity contribution in [2.45, 2.75) is 12.6 Å². The minimum atomic E-state index is -0.226. The normalized spacial score (nSPS) is 16.9. The number of tetrazole rings is 1. The van der Waals surface area contributed by atoms with E-state index in [1.807, 2.05) is 0 Å². The van der Waals surface area contributed by atoms with Crippen LogP contribution < -0.4 is 14.8 Å². The third-order valence-electron chi connectivity index (χ3n) is 3.79. The number of carbonyl (C=O) groups excluding carboxylic acids is 1. The van der Waals surface area contributed by atoms with Crippen molar-refractivity contribution >= 4 is 5.91 Å². The van der Waals surface area contributed by atoms with Gasteiger partial charge in [-0.2, -0.15) is 4.80 Å². The Morgan fingerprint density at radius 2 is 2.15 bits per heavy atom. The van der Waals surface area contributed by atoms with Crippen molar-refractivity contribution in [3.8, 4) is 22.9 Å². The van der Waals surface area contributed by atoms with E-state index in [0.29, 0.717) is 49.3 Å². The second kappa shape index (κ2) is 8.59. The van der Waals surface area contributed by atoms with E-state index in [9.17, 15) is 4.79 Å². The van der Waals surface area contributed by atoms with Crippen molar-refractivity contribution in [3.63, 3.8) is 0 Å². The summed E-state index contributed by atoms with van der Waals surface area (Å²) in [7, 11) is 3.12. The van der Waals surface area contributed by atoms with Gasteiger partial charge in [-0.1, -0.05) is 0 Å². The van der Waals surface area contributed by atoms with Crippen LogP contribution in [-0.2, 0) is 20.8 Å². The van der Waals surface area contributed by atoms with Crippen LogP contribution in [0.2, 0.25) is 0 Å². The number of ether oxygens (including phenoxy) is 4. The van der Waals surface area contributed by atoms with Crippen LogP contribution in [0.3, 0.4) is 0 Å². The fourth-order valence-electron chi connectivity index (χ4n) is 2.47. The maximum absolute atomic E-state index is 12.0. The predicted octanol–water partition coefficient (Wildman–Crippen LogP) is -0.111. The lowest BCUT2D eigenvalue weighted by molar-refractivity contribution is -0.124. The number of aromatic nitrogens is 4. The van der Waals surface area contributed by atoms with Gasteiger partial charge >= 0.3 is 0 Å². The Hall–Kier alpha value is -2.72. The van der Waals surface area contributed by atoms with Gasteiger partial charge in [-0.25, -0.2) is 0 Å². The lowest BCUT2D eigenvalue weighted by atomic mass is 10.2. The highest BCUT2D eigenvalue weighted by Gasteiger charge is 2.16. The number of nitrogens with zero attached hydrogens (tertiary/aromatic N) is 4. The number of hydrogen-bond donors (Lipinski definition) is 1. The van der Waals surface area contributed by atoms with Gasteiger partial charge < -0.3 is 24.3 Å². The molecule has 2 aromatic rings. The van der Waals surface area contributed by atoms with Gasteiger partial charge in [0.15, 0.2) is 11.5 Å². The topological polar surface area (TPSA) is 110 Å². The first-order chi connectivity index (χ1) is 12.7. The van der Waals surface area contributed by atoms with E-state index in [1.165, 1.54) is 4.80 Å². The number of amides is 1. The van der Waals surface area contributed by atoms with E-state index in [4.69, 9.17) is 18.9 Å². The van der Waals surface area contributed by atoms with E-state index in [1.54, 1.807) is 32.4 Å². The molecule has 1 aliphatic rings. The molecule has 1 N–H and O–H groups in total. The van der Waals surface area contributed by atoms with Crippen LogP contribution in [0.25, 0.3) is 11.4 Å². The molecule has 1 amide bonds. The molecule has 1 fully saturated rings. The number of hydrogen-bond acceptors (Lipinski definition) is 8. The quantitative estimate of drug-likeness (QED) is 0.726. The monoisotopic (exact) mass is 363 g/mol. The van der Waals surface area contributed by atoms with E-state index in [0.717, 1.165) is 0 Å². The zero-order valence-corrected chi connectivity index (χ0v) is 14.7. The number of rotatable bonds is 7. The summed E-state index contributed by atoms with van der Waals surface area (Å²) in [5.74, 6) is 1.34. The van der Waals surface area contributed by atoms with Crippen LogP contribution >= 0.6 is 0 Å². The molecule has 0 unspecified atom stereocenters. The molecule has 2 heterocycles. The van der Waals surface area contributed by atoms with Crippen molar-refractivity contribution in [2.24, 2.45) is 0 Å². The van der Waals surface area contributed by atoms with Gasteiger partial charge in [0.1, 0.15) is 6.54 Å². The minimum Gasteiger partial charge on any atom is -0.493 e.